The molecule has 5 nitrogen and oxygen atoms in total. The highest BCUT2D eigenvalue weighted by atomic mass is 19.1. The number of carbonyl (C=O) groups is 1. The summed E-state index contributed by atoms with van der Waals surface area (Å²) in [7, 11) is 0. The van der Waals surface area contributed by atoms with Gasteiger partial charge in [-0.2, -0.15) is 0 Å². The Kier molecular flexibility index (Phi) is 4.83. The first kappa shape index (κ1) is 15.4. The molecule has 0 bridgehead atoms. The Balaban J connectivity index is 1.57. The molecule has 0 saturated carbocycles. The molecule has 0 unspecified atom stereocenters. The molecule has 1 aromatic heterocycles. The highest BCUT2D eigenvalue weighted by molar-refractivity contribution is 5.82. The molecule has 120 valence electrons. The highest BCUT2D eigenvalue weighted by Gasteiger charge is 2.25. The monoisotopic (exact) mass is 314 g/mol. The van der Waals surface area contributed by atoms with Crippen LogP contribution < -0.4 is 15.5 Å². The van der Waals surface area contributed by atoms with Gasteiger partial charge < -0.3 is 15.5 Å². The molecule has 2 heterocycles. The number of nitrogens with one attached hydrogen (secondary N) is 2. The van der Waals surface area contributed by atoms with Gasteiger partial charge in [0.2, 0.25) is 5.91 Å². The van der Waals surface area contributed by atoms with Gasteiger partial charge in [-0.15, -0.1) is 0 Å². The SMILES string of the molecule is O=C(NCc1ccccn1)[C@H]1CN(c2ccc(F)cc2)CCN1. The molecule has 2 N–H and O–H groups in total. The molecule has 1 fully saturated rings. The smallest absolute Gasteiger partial charge is 0.239 e. The van der Waals surface area contributed by atoms with Crippen LogP contribution in [-0.4, -0.2) is 36.6 Å². The number of rotatable bonds is 4. The summed E-state index contributed by atoms with van der Waals surface area (Å²) in [6.07, 6.45) is 1.70. The number of amides is 1. The molecule has 0 spiro atoms. The van der Waals surface area contributed by atoms with Gasteiger partial charge in [-0.05, 0) is 36.4 Å². The van der Waals surface area contributed by atoms with E-state index in [0.717, 1.165) is 17.9 Å². The van der Waals surface area contributed by atoms with Gasteiger partial charge >= 0.3 is 0 Å². The fourth-order valence-corrected chi connectivity index (χ4v) is 2.62. The van der Waals surface area contributed by atoms with Gasteiger partial charge in [0.15, 0.2) is 0 Å². The minimum absolute atomic E-state index is 0.0533. The predicted octanol–water partition coefficient (Wildman–Crippen LogP) is 1.32. The van der Waals surface area contributed by atoms with E-state index in [4.69, 9.17) is 0 Å². The first-order valence-corrected chi connectivity index (χ1v) is 7.64. The molecule has 6 heteroatoms. The zero-order chi connectivity index (χ0) is 16.1. The minimum Gasteiger partial charge on any atom is -0.368 e. The molecular weight excluding hydrogens is 295 g/mol. The molecule has 1 aliphatic heterocycles. The number of piperazine rings is 1. The summed E-state index contributed by atoms with van der Waals surface area (Å²) in [5.41, 5.74) is 1.75. The second-order valence-electron chi connectivity index (χ2n) is 5.47. The molecule has 3 rings (SSSR count). The molecule has 1 saturated heterocycles. The average molecular weight is 314 g/mol. The van der Waals surface area contributed by atoms with Crippen LogP contribution in [-0.2, 0) is 11.3 Å². The Bertz CT molecular complexity index is 647. The van der Waals surface area contributed by atoms with Crippen molar-refractivity contribution in [1.29, 1.82) is 0 Å². The van der Waals surface area contributed by atoms with Crippen LogP contribution in [0.5, 0.6) is 0 Å². The lowest BCUT2D eigenvalue weighted by atomic mass is 10.1. The Hall–Kier alpha value is -2.47. The summed E-state index contributed by atoms with van der Waals surface area (Å²) in [6.45, 7) is 2.46. The third-order valence-corrected chi connectivity index (χ3v) is 3.85. The van der Waals surface area contributed by atoms with Crippen molar-refractivity contribution in [1.82, 2.24) is 15.6 Å². The van der Waals surface area contributed by atoms with Crippen molar-refractivity contribution in [2.45, 2.75) is 12.6 Å². The van der Waals surface area contributed by atoms with Gasteiger partial charge in [0, 0.05) is 31.5 Å². The average Bonchev–Trinajstić information content (AvgIpc) is 2.61. The van der Waals surface area contributed by atoms with Crippen molar-refractivity contribution < 1.29 is 9.18 Å². The van der Waals surface area contributed by atoms with Crippen molar-refractivity contribution in [2.75, 3.05) is 24.5 Å². The van der Waals surface area contributed by atoms with Crippen LogP contribution in [0.2, 0.25) is 0 Å². The molecule has 2 aromatic rings. The Labute approximate surface area is 134 Å². The van der Waals surface area contributed by atoms with Gasteiger partial charge in [-0.3, -0.25) is 9.78 Å². The first-order valence-electron chi connectivity index (χ1n) is 7.64. The maximum atomic E-state index is 13.0. The van der Waals surface area contributed by atoms with Gasteiger partial charge in [-0.1, -0.05) is 6.07 Å². The highest BCUT2D eigenvalue weighted by Crippen LogP contribution is 2.16. The van der Waals surface area contributed by atoms with E-state index in [1.807, 2.05) is 18.2 Å². The van der Waals surface area contributed by atoms with Gasteiger partial charge in [-0.25, -0.2) is 4.39 Å². The number of aromatic nitrogens is 1. The van der Waals surface area contributed by atoms with Crippen molar-refractivity contribution in [3.8, 4) is 0 Å². The Morgan fingerprint density at radius 1 is 1.30 bits per heavy atom. The lowest BCUT2D eigenvalue weighted by Crippen LogP contribution is -2.57. The molecular formula is C17H19FN4O. The molecule has 1 amide bonds. The van der Waals surface area contributed by atoms with Crippen LogP contribution in [0.1, 0.15) is 5.69 Å². The van der Waals surface area contributed by atoms with E-state index in [0.29, 0.717) is 19.6 Å². The number of hydrogen-bond donors (Lipinski definition) is 2. The number of hydrogen-bond acceptors (Lipinski definition) is 4. The van der Waals surface area contributed by atoms with Gasteiger partial charge in [0.1, 0.15) is 11.9 Å². The largest absolute Gasteiger partial charge is 0.368 e. The van der Waals surface area contributed by atoms with E-state index >= 15 is 0 Å². The fraction of sp³-hybridized carbons (Fsp3) is 0.294. The summed E-state index contributed by atoms with van der Waals surface area (Å²) in [4.78, 5) is 18.6. The van der Waals surface area contributed by atoms with Crippen LogP contribution in [0.15, 0.2) is 48.7 Å². The summed E-state index contributed by atoms with van der Waals surface area (Å²) < 4.78 is 13.0. The molecule has 23 heavy (non-hydrogen) atoms. The number of nitrogens with zero attached hydrogens (tertiary/aromatic N) is 2. The lowest BCUT2D eigenvalue weighted by Gasteiger charge is -2.34. The second kappa shape index (κ2) is 7.19. The standard InChI is InChI=1S/C17H19FN4O/c18-13-4-6-15(7-5-13)22-10-9-20-16(12-22)17(23)21-11-14-3-1-2-8-19-14/h1-8,16,20H,9-12H2,(H,21,23)/t16-/m1/s1. The minimum atomic E-state index is -0.294. The summed E-state index contributed by atoms with van der Waals surface area (Å²) in [5, 5.41) is 6.12. The van der Waals surface area contributed by atoms with Crippen molar-refractivity contribution >= 4 is 11.6 Å². The molecule has 0 aliphatic carbocycles. The van der Waals surface area contributed by atoms with Crippen molar-refractivity contribution in [3.63, 3.8) is 0 Å². The summed E-state index contributed by atoms with van der Waals surface area (Å²) in [6, 6.07) is 11.7. The van der Waals surface area contributed by atoms with Crippen LogP contribution in [0, 0.1) is 5.82 Å². The van der Waals surface area contributed by atoms with E-state index in [1.165, 1.54) is 12.1 Å². The number of carbonyl (C=O) groups excluding carboxylic acids is 1. The van der Waals surface area contributed by atoms with Crippen LogP contribution in [0.3, 0.4) is 0 Å². The second-order valence-corrected chi connectivity index (χ2v) is 5.47. The predicted molar refractivity (Wildman–Crippen MR) is 86.5 cm³/mol. The molecule has 1 aliphatic rings. The maximum absolute atomic E-state index is 13.0. The van der Waals surface area contributed by atoms with Crippen LogP contribution in [0.25, 0.3) is 0 Å². The number of halogens is 1. The quantitative estimate of drug-likeness (QED) is 0.893. The topological polar surface area (TPSA) is 57.3 Å². The van der Waals surface area contributed by atoms with Crippen LogP contribution in [0.4, 0.5) is 10.1 Å². The van der Waals surface area contributed by atoms with Crippen molar-refractivity contribution in [2.24, 2.45) is 0 Å². The zero-order valence-corrected chi connectivity index (χ0v) is 12.7. The maximum Gasteiger partial charge on any atom is 0.239 e. The summed E-state index contributed by atoms with van der Waals surface area (Å²) >= 11 is 0. The fourth-order valence-electron chi connectivity index (χ4n) is 2.62. The third-order valence-electron chi connectivity index (χ3n) is 3.85. The van der Waals surface area contributed by atoms with E-state index in [-0.39, 0.29) is 17.8 Å². The molecule has 0 radical (unpaired) electrons. The van der Waals surface area contributed by atoms with Crippen LogP contribution >= 0.6 is 0 Å². The number of pyridine rings is 1. The molecule has 1 aromatic carbocycles. The lowest BCUT2D eigenvalue weighted by molar-refractivity contribution is -0.123. The Morgan fingerprint density at radius 3 is 2.87 bits per heavy atom. The zero-order valence-electron chi connectivity index (χ0n) is 12.7. The van der Waals surface area contributed by atoms with Crippen molar-refractivity contribution in [3.05, 3.63) is 60.2 Å². The van der Waals surface area contributed by atoms with E-state index < -0.39 is 0 Å². The third kappa shape index (κ3) is 4.04. The van der Waals surface area contributed by atoms with Gasteiger partial charge in [0.05, 0.1) is 12.2 Å². The van der Waals surface area contributed by atoms with Gasteiger partial charge in [0.25, 0.3) is 0 Å². The van der Waals surface area contributed by atoms with E-state index in [2.05, 4.69) is 20.5 Å². The molecule has 1 atom stereocenters. The number of anilines is 1. The first-order chi connectivity index (χ1) is 11.2. The summed E-state index contributed by atoms with van der Waals surface area (Å²) in [5.74, 6) is -0.309. The van der Waals surface area contributed by atoms with E-state index in [9.17, 15) is 9.18 Å². The number of benzene rings is 1. The Morgan fingerprint density at radius 2 is 2.13 bits per heavy atom. The normalized spacial score (nSPS) is 17.8. The van der Waals surface area contributed by atoms with E-state index in [1.54, 1.807) is 18.3 Å².